The number of aromatic nitrogens is 2. The fraction of sp³-hybridized carbons (Fsp3) is 0.222. The van der Waals surface area contributed by atoms with Crippen molar-refractivity contribution in [3.63, 3.8) is 0 Å². The summed E-state index contributed by atoms with van der Waals surface area (Å²) in [5.74, 6) is 3.33. The maximum absolute atomic E-state index is 5.89. The lowest BCUT2D eigenvalue weighted by Crippen LogP contribution is -1.97. The van der Waals surface area contributed by atoms with E-state index < -0.39 is 0 Å². The summed E-state index contributed by atoms with van der Waals surface area (Å²) in [6.45, 7) is 1.37. The van der Waals surface area contributed by atoms with Crippen molar-refractivity contribution in [3.05, 3.63) is 53.3 Å². The Morgan fingerprint density at radius 1 is 1.00 bits per heavy atom. The fourth-order valence-electron chi connectivity index (χ4n) is 2.40. The van der Waals surface area contributed by atoms with Gasteiger partial charge in [-0.3, -0.25) is 0 Å². The molecule has 4 rings (SSSR count). The number of halogens is 1. The third kappa shape index (κ3) is 3.91. The van der Waals surface area contributed by atoms with Gasteiger partial charge in [-0.15, -0.1) is 11.8 Å². The van der Waals surface area contributed by atoms with Gasteiger partial charge in [0, 0.05) is 21.9 Å². The van der Waals surface area contributed by atoms with E-state index in [2.05, 4.69) is 10.1 Å². The zero-order valence-corrected chi connectivity index (χ0v) is 14.8. The van der Waals surface area contributed by atoms with E-state index in [1.165, 1.54) is 0 Å². The van der Waals surface area contributed by atoms with Crippen molar-refractivity contribution in [3.8, 4) is 23.0 Å². The van der Waals surface area contributed by atoms with Crippen LogP contribution in [-0.4, -0.2) is 23.4 Å². The van der Waals surface area contributed by atoms with E-state index in [-0.39, 0.29) is 0 Å². The van der Waals surface area contributed by atoms with Gasteiger partial charge in [0.15, 0.2) is 17.3 Å². The molecule has 5 nitrogen and oxygen atoms in total. The summed E-state index contributed by atoms with van der Waals surface area (Å²) in [4.78, 5) is 5.50. The van der Waals surface area contributed by atoms with Crippen molar-refractivity contribution in [2.45, 2.75) is 17.1 Å². The molecule has 0 fully saturated rings. The lowest BCUT2D eigenvalue weighted by atomic mass is 10.2. The van der Waals surface area contributed by atoms with Crippen molar-refractivity contribution in [1.29, 1.82) is 0 Å². The van der Waals surface area contributed by atoms with Gasteiger partial charge in [-0.25, -0.2) is 0 Å². The van der Waals surface area contributed by atoms with E-state index in [0.29, 0.717) is 35.7 Å². The van der Waals surface area contributed by atoms with E-state index in [4.69, 9.17) is 25.6 Å². The quantitative estimate of drug-likeness (QED) is 0.609. The second-order valence-electron chi connectivity index (χ2n) is 5.47. The topological polar surface area (TPSA) is 57.4 Å². The van der Waals surface area contributed by atoms with Crippen LogP contribution < -0.4 is 9.47 Å². The van der Waals surface area contributed by atoms with E-state index in [1.807, 2.05) is 30.3 Å². The van der Waals surface area contributed by atoms with Crippen LogP contribution in [0, 0.1) is 0 Å². The van der Waals surface area contributed by atoms with Crippen LogP contribution in [0.1, 0.15) is 12.2 Å². The highest BCUT2D eigenvalue weighted by atomic mass is 35.5. The van der Waals surface area contributed by atoms with Crippen molar-refractivity contribution in [1.82, 2.24) is 10.1 Å². The van der Waals surface area contributed by atoms with Gasteiger partial charge in [-0.1, -0.05) is 16.8 Å². The molecule has 0 spiro atoms. The van der Waals surface area contributed by atoms with E-state index in [9.17, 15) is 0 Å². The van der Waals surface area contributed by atoms with Crippen molar-refractivity contribution in [2.75, 3.05) is 13.2 Å². The summed E-state index contributed by atoms with van der Waals surface area (Å²) in [5.41, 5.74) is 0.851. The van der Waals surface area contributed by atoms with E-state index in [0.717, 1.165) is 28.4 Å². The van der Waals surface area contributed by atoms with Gasteiger partial charge in [0.1, 0.15) is 0 Å². The molecule has 2 heterocycles. The minimum absolute atomic E-state index is 0.492. The molecule has 25 heavy (non-hydrogen) atoms. The molecule has 0 unspecified atom stereocenters. The molecule has 7 heteroatoms. The highest BCUT2D eigenvalue weighted by Crippen LogP contribution is 2.34. The minimum atomic E-state index is 0.492. The Kier molecular flexibility index (Phi) is 4.81. The van der Waals surface area contributed by atoms with Crippen LogP contribution in [-0.2, 0) is 5.75 Å². The van der Waals surface area contributed by atoms with E-state index in [1.54, 1.807) is 23.9 Å². The Morgan fingerprint density at radius 3 is 2.64 bits per heavy atom. The van der Waals surface area contributed by atoms with Crippen LogP contribution in [0.5, 0.6) is 11.5 Å². The number of hydrogen-bond donors (Lipinski definition) is 0. The first-order valence-electron chi connectivity index (χ1n) is 7.89. The predicted octanol–water partition coefficient (Wildman–Crippen LogP) is 4.84. The average molecular weight is 375 g/mol. The van der Waals surface area contributed by atoms with Crippen molar-refractivity contribution >= 4 is 23.4 Å². The number of ether oxygens (including phenoxy) is 2. The first-order chi connectivity index (χ1) is 12.3. The highest BCUT2D eigenvalue weighted by molar-refractivity contribution is 7.98. The van der Waals surface area contributed by atoms with Crippen LogP contribution in [0.2, 0.25) is 5.02 Å². The van der Waals surface area contributed by atoms with Crippen LogP contribution >= 0.6 is 23.4 Å². The van der Waals surface area contributed by atoms with Gasteiger partial charge in [-0.2, -0.15) is 4.98 Å². The molecule has 0 atom stereocenters. The maximum atomic E-state index is 5.89. The lowest BCUT2D eigenvalue weighted by Gasteiger charge is -2.08. The summed E-state index contributed by atoms with van der Waals surface area (Å²) in [6.07, 6.45) is 0.896. The number of fused-ring (bicyclic) bond motifs is 1. The number of hydrogen-bond acceptors (Lipinski definition) is 6. The molecule has 0 aliphatic carbocycles. The molecule has 0 N–H and O–H groups in total. The summed E-state index contributed by atoms with van der Waals surface area (Å²) in [6, 6.07) is 13.3. The zero-order valence-electron chi connectivity index (χ0n) is 13.3. The molecular weight excluding hydrogens is 360 g/mol. The summed E-state index contributed by atoms with van der Waals surface area (Å²) >= 11 is 7.52. The van der Waals surface area contributed by atoms with Gasteiger partial charge in [-0.05, 0) is 42.5 Å². The van der Waals surface area contributed by atoms with E-state index >= 15 is 0 Å². The molecule has 0 saturated heterocycles. The van der Waals surface area contributed by atoms with Crippen LogP contribution in [0.15, 0.2) is 51.9 Å². The second kappa shape index (κ2) is 7.37. The number of thioether (sulfide) groups is 1. The summed E-state index contributed by atoms with van der Waals surface area (Å²) < 4.78 is 16.7. The molecule has 0 bridgehead atoms. The van der Waals surface area contributed by atoms with Gasteiger partial charge >= 0.3 is 0 Å². The molecular formula is C18H15ClN2O3S. The smallest absolute Gasteiger partial charge is 0.257 e. The molecule has 1 aliphatic rings. The molecule has 1 aromatic heterocycles. The molecule has 128 valence electrons. The summed E-state index contributed by atoms with van der Waals surface area (Å²) in [5, 5.41) is 4.71. The molecule has 1 aliphatic heterocycles. The molecule has 0 amide bonds. The number of nitrogens with zero attached hydrogens (tertiary/aromatic N) is 2. The average Bonchev–Trinajstić information content (AvgIpc) is 2.98. The van der Waals surface area contributed by atoms with Crippen LogP contribution in [0.3, 0.4) is 0 Å². The lowest BCUT2D eigenvalue weighted by molar-refractivity contribution is 0.297. The Labute approximate surface area is 154 Å². The first-order valence-corrected chi connectivity index (χ1v) is 9.25. The molecule has 2 aromatic carbocycles. The summed E-state index contributed by atoms with van der Waals surface area (Å²) in [7, 11) is 0. The minimum Gasteiger partial charge on any atom is -0.490 e. The largest absolute Gasteiger partial charge is 0.490 e. The van der Waals surface area contributed by atoms with Crippen molar-refractivity contribution in [2.24, 2.45) is 0 Å². The van der Waals surface area contributed by atoms with Gasteiger partial charge in [0.2, 0.25) is 0 Å². The van der Waals surface area contributed by atoms with Gasteiger partial charge < -0.3 is 14.0 Å². The predicted molar refractivity (Wildman–Crippen MR) is 96.4 cm³/mol. The van der Waals surface area contributed by atoms with Gasteiger partial charge in [0.05, 0.1) is 19.0 Å². The Morgan fingerprint density at radius 2 is 1.80 bits per heavy atom. The number of benzene rings is 2. The molecule has 3 aromatic rings. The highest BCUT2D eigenvalue weighted by Gasteiger charge is 2.13. The standard InChI is InChI=1S/C18H15ClN2O3S/c19-13-4-2-12(3-5-13)18-20-17(21-24-18)11-25-14-6-7-15-16(10-14)23-9-1-8-22-15/h2-7,10H,1,8-9,11H2. The second-order valence-corrected chi connectivity index (χ2v) is 6.96. The molecule has 0 radical (unpaired) electrons. The Bertz CT molecular complexity index is 867. The fourth-order valence-corrected chi connectivity index (χ4v) is 3.30. The molecule has 0 saturated carbocycles. The van der Waals surface area contributed by atoms with Gasteiger partial charge in [0.25, 0.3) is 5.89 Å². The number of rotatable bonds is 4. The normalized spacial score (nSPS) is 13.5. The van der Waals surface area contributed by atoms with Crippen LogP contribution in [0.4, 0.5) is 0 Å². The third-order valence-corrected chi connectivity index (χ3v) is 4.89. The van der Waals surface area contributed by atoms with Crippen LogP contribution in [0.25, 0.3) is 11.5 Å². The SMILES string of the molecule is Clc1ccc(-c2nc(CSc3ccc4c(c3)OCCCO4)no2)cc1. The monoisotopic (exact) mass is 374 g/mol. The zero-order chi connectivity index (χ0) is 17.1. The maximum Gasteiger partial charge on any atom is 0.257 e. The Hall–Kier alpha value is -2.18. The van der Waals surface area contributed by atoms with Crippen molar-refractivity contribution < 1.29 is 14.0 Å². The first kappa shape index (κ1) is 16.3. The Balaban J connectivity index is 1.43. The third-order valence-electron chi connectivity index (χ3n) is 3.65.